The van der Waals surface area contributed by atoms with Crippen molar-refractivity contribution in [2.45, 2.75) is 51.6 Å². The van der Waals surface area contributed by atoms with Crippen molar-refractivity contribution in [2.24, 2.45) is 5.92 Å². The zero-order chi connectivity index (χ0) is 13.8. The van der Waals surface area contributed by atoms with Gasteiger partial charge in [0.05, 0.1) is 0 Å². The minimum absolute atomic E-state index is 0.00129. The third-order valence-electron chi connectivity index (χ3n) is 4.05. The van der Waals surface area contributed by atoms with Gasteiger partial charge in [0.15, 0.2) is 0 Å². The van der Waals surface area contributed by atoms with Gasteiger partial charge in [0.2, 0.25) is 11.8 Å². The molecule has 2 unspecified atom stereocenters. The zero-order valence-electron chi connectivity index (χ0n) is 11.9. The van der Waals surface area contributed by atoms with E-state index in [-0.39, 0.29) is 23.9 Å². The Balaban J connectivity index is 1.94. The zero-order valence-corrected chi connectivity index (χ0v) is 11.9. The fourth-order valence-electron chi connectivity index (χ4n) is 2.91. The van der Waals surface area contributed by atoms with E-state index in [0.29, 0.717) is 18.8 Å². The summed E-state index contributed by atoms with van der Waals surface area (Å²) in [6.45, 7) is 6.98. The Labute approximate surface area is 115 Å². The molecule has 0 radical (unpaired) electrons. The van der Waals surface area contributed by atoms with Crippen molar-refractivity contribution < 1.29 is 9.59 Å². The van der Waals surface area contributed by atoms with E-state index in [1.807, 2.05) is 18.7 Å². The van der Waals surface area contributed by atoms with Gasteiger partial charge >= 0.3 is 0 Å². The van der Waals surface area contributed by atoms with E-state index in [0.717, 1.165) is 19.6 Å². The van der Waals surface area contributed by atoms with Gasteiger partial charge < -0.3 is 15.5 Å². The van der Waals surface area contributed by atoms with Crippen LogP contribution in [0.5, 0.6) is 0 Å². The van der Waals surface area contributed by atoms with Crippen LogP contribution in [-0.2, 0) is 9.59 Å². The average molecular weight is 267 g/mol. The van der Waals surface area contributed by atoms with Crippen LogP contribution in [0.25, 0.3) is 0 Å². The summed E-state index contributed by atoms with van der Waals surface area (Å²) in [4.78, 5) is 25.7. The number of rotatable bonds is 4. The van der Waals surface area contributed by atoms with E-state index in [1.54, 1.807) is 0 Å². The number of nitrogens with zero attached hydrogens (tertiary/aromatic N) is 1. The topological polar surface area (TPSA) is 61.4 Å². The molecule has 0 spiro atoms. The first-order chi connectivity index (χ1) is 9.08. The first-order valence-electron chi connectivity index (χ1n) is 7.38. The largest absolute Gasteiger partial charge is 0.344 e. The van der Waals surface area contributed by atoms with Gasteiger partial charge in [-0.2, -0.15) is 0 Å². The molecule has 108 valence electrons. The lowest BCUT2D eigenvalue weighted by Gasteiger charge is -2.34. The normalized spacial score (nSPS) is 27.4. The van der Waals surface area contributed by atoms with Crippen LogP contribution in [0.2, 0.25) is 0 Å². The molecule has 0 aromatic carbocycles. The number of carbonyl (C=O) groups is 2. The van der Waals surface area contributed by atoms with Crippen LogP contribution in [-0.4, -0.2) is 48.4 Å². The lowest BCUT2D eigenvalue weighted by Crippen LogP contribution is -2.50. The first-order valence-corrected chi connectivity index (χ1v) is 7.38. The molecule has 2 N–H and O–H groups in total. The monoisotopic (exact) mass is 267 g/mol. The lowest BCUT2D eigenvalue weighted by molar-refractivity contribution is -0.136. The summed E-state index contributed by atoms with van der Waals surface area (Å²) in [5.41, 5.74) is 0. The summed E-state index contributed by atoms with van der Waals surface area (Å²) >= 11 is 0. The lowest BCUT2D eigenvalue weighted by atomic mass is 9.98. The number of piperidine rings is 1. The van der Waals surface area contributed by atoms with Crippen LogP contribution in [0.3, 0.4) is 0 Å². The molecule has 0 saturated carbocycles. The molecule has 2 saturated heterocycles. The Morgan fingerprint density at radius 3 is 2.74 bits per heavy atom. The van der Waals surface area contributed by atoms with Crippen LogP contribution in [0, 0.1) is 5.92 Å². The van der Waals surface area contributed by atoms with Gasteiger partial charge in [-0.1, -0.05) is 0 Å². The summed E-state index contributed by atoms with van der Waals surface area (Å²) in [7, 11) is 0. The molecular formula is C14H25N3O2. The van der Waals surface area contributed by atoms with Gasteiger partial charge in [-0.3, -0.25) is 9.59 Å². The highest BCUT2D eigenvalue weighted by Gasteiger charge is 2.32. The van der Waals surface area contributed by atoms with Crippen LogP contribution in [0.4, 0.5) is 0 Å². The molecule has 0 bridgehead atoms. The third kappa shape index (κ3) is 3.69. The van der Waals surface area contributed by atoms with Gasteiger partial charge in [-0.25, -0.2) is 0 Å². The average Bonchev–Trinajstić information content (AvgIpc) is 2.83. The van der Waals surface area contributed by atoms with Crippen molar-refractivity contribution in [1.82, 2.24) is 15.5 Å². The highest BCUT2D eigenvalue weighted by molar-refractivity contribution is 5.90. The molecule has 2 rings (SSSR count). The molecule has 2 atom stereocenters. The first kappa shape index (κ1) is 14.3. The van der Waals surface area contributed by atoms with Gasteiger partial charge in [0.1, 0.15) is 6.04 Å². The molecule has 2 heterocycles. The molecule has 19 heavy (non-hydrogen) atoms. The second kappa shape index (κ2) is 6.37. The standard InChI is InChI=1S/C14H25N3O2/c1-10(2)17(9-11-4-3-7-15-8-11)14(19)12-5-6-13(18)16-12/h10-12,15H,3-9H2,1-2H3,(H,16,18). The Hall–Kier alpha value is -1.10. The maximum Gasteiger partial charge on any atom is 0.245 e. The van der Waals surface area contributed by atoms with Crippen molar-refractivity contribution in [2.75, 3.05) is 19.6 Å². The number of hydrogen-bond donors (Lipinski definition) is 2. The van der Waals surface area contributed by atoms with E-state index < -0.39 is 0 Å². The van der Waals surface area contributed by atoms with E-state index in [1.165, 1.54) is 12.8 Å². The Morgan fingerprint density at radius 2 is 2.21 bits per heavy atom. The molecular weight excluding hydrogens is 242 g/mol. The second-order valence-corrected chi connectivity index (χ2v) is 5.96. The highest BCUT2D eigenvalue weighted by atomic mass is 16.2. The Morgan fingerprint density at radius 1 is 1.42 bits per heavy atom. The minimum Gasteiger partial charge on any atom is -0.344 e. The van der Waals surface area contributed by atoms with Crippen LogP contribution in [0.1, 0.15) is 39.5 Å². The predicted molar refractivity (Wildman–Crippen MR) is 73.6 cm³/mol. The van der Waals surface area contributed by atoms with E-state index in [9.17, 15) is 9.59 Å². The summed E-state index contributed by atoms with van der Waals surface area (Å²) in [6.07, 6.45) is 3.49. The Kier molecular flexibility index (Phi) is 4.80. The minimum atomic E-state index is -0.300. The van der Waals surface area contributed by atoms with Gasteiger partial charge in [-0.15, -0.1) is 0 Å². The van der Waals surface area contributed by atoms with Crippen molar-refractivity contribution >= 4 is 11.8 Å². The fraction of sp³-hybridized carbons (Fsp3) is 0.857. The van der Waals surface area contributed by atoms with Crippen molar-refractivity contribution in [3.8, 4) is 0 Å². The van der Waals surface area contributed by atoms with Crippen molar-refractivity contribution in [3.05, 3.63) is 0 Å². The third-order valence-corrected chi connectivity index (χ3v) is 4.05. The van der Waals surface area contributed by atoms with Crippen LogP contribution in [0.15, 0.2) is 0 Å². The molecule has 0 aliphatic carbocycles. The molecule has 5 nitrogen and oxygen atoms in total. The summed E-state index contributed by atoms with van der Waals surface area (Å²) < 4.78 is 0. The highest BCUT2D eigenvalue weighted by Crippen LogP contribution is 2.17. The van der Waals surface area contributed by atoms with Crippen LogP contribution >= 0.6 is 0 Å². The predicted octanol–water partition coefficient (Wildman–Crippen LogP) is 0.502. The van der Waals surface area contributed by atoms with Gasteiger partial charge in [0, 0.05) is 19.0 Å². The SMILES string of the molecule is CC(C)N(CC1CCCNC1)C(=O)C1CCC(=O)N1. The molecule has 2 amide bonds. The van der Waals surface area contributed by atoms with Gasteiger partial charge in [-0.05, 0) is 52.1 Å². The molecule has 0 aromatic heterocycles. The molecule has 2 aliphatic rings. The second-order valence-electron chi connectivity index (χ2n) is 5.96. The van der Waals surface area contributed by atoms with E-state index >= 15 is 0 Å². The van der Waals surface area contributed by atoms with Crippen molar-refractivity contribution in [1.29, 1.82) is 0 Å². The molecule has 2 fully saturated rings. The number of amides is 2. The summed E-state index contributed by atoms with van der Waals surface area (Å²) in [6, 6.07) is -0.113. The number of hydrogen-bond acceptors (Lipinski definition) is 3. The smallest absolute Gasteiger partial charge is 0.245 e. The quantitative estimate of drug-likeness (QED) is 0.780. The molecule has 0 aromatic rings. The molecule has 5 heteroatoms. The van der Waals surface area contributed by atoms with Crippen molar-refractivity contribution in [3.63, 3.8) is 0 Å². The van der Waals surface area contributed by atoms with E-state index in [4.69, 9.17) is 0 Å². The van der Waals surface area contributed by atoms with Gasteiger partial charge in [0.25, 0.3) is 0 Å². The fourth-order valence-corrected chi connectivity index (χ4v) is 2.91. The molecule has 2 aliphatic heterocycles. The Bertz CT molecular complexity index is 338. The number of carbonyl (C=O) groups excluding carboxylic acids is 2. The van der Waals surface area contributed by atoms with Crippen LogP contribution < -0.4 is 10.6 Å². The maximum absolute atomic E-state index is 12.5. The summed E-state index contributed by atoms with van der Waals surface area (Å²) in [5.74, 6) is 0.630. The van der Waals surface area contributed by atoms with E-state index in [2.05, 4.69) is 10.6 Å². The number of nitrogens with one attached hydrogen (secondary N) is 2. The summed E-state index contributed by atoms with van der Waals surface area (Å²) in [5, 5.41) is 6.17. The maximum atomic E-state index is 12.5.